The molecule has 2 rings (SSSR count). The van der Waals surface area contributed by atoms with Gasteiger partial charge in [0.05, 0.1) is 20.3 Å². The van der Waals surface area contributed by atoms with Crippen LogP contribution in [0.4, 0.5) is 0 Å². The summed E-state index contributed by atoms with van der Waals surface area (Å²) >= 11 is 0. The summed E-state index contributed by atoms with van der Waals surface area (Å²) < 4.78 is 34.9. The van der Waals surface area contributed by atoms with Crippen molar-refractivity contribution >= 4 is 7.60 Å². The van der Waals surface area contributed by atoms with Crippen molar-refractivity contribution in [3.8, 4) is 11.5 Å². The first-order valence-corrected chi connectivity index (χ1v) is 10.1. The van der Waals surface area contributed by atoms with E-state index in [1.807, 2.05) is 30.3 Å². The van der Waals surface area contributed by atoms with E-state index in [1.54, 1.807) is 39.2 Å². The molecule has 0 aromatic heterocycles. The summed E-state index contributed by atoms with van der Waals surface area (Å²) in [6, 6.07) is 15.0. The maximum absolute atomic E-state index is 12.9. The lowest BCUT2D eigenvalue weighted by atomic mass is 10.2. The van der Waals surface area contributed by atoms with E-state index < -0.39 is 13.4 Å². The van der Waals surface area contributed by atoms with E-state index in [4.69, 9.17) is 24.3 Å². The molecular weight excluding hydrogens is 353 g/mol. The summed E-state index contributed by atoms with van der Waals surface area (Å²) in [5.74, 6) is 0.177. The van der Waals surface area contributed by atoms with Crippen LogP contribution in [0.25, 0.3) is 0 Å². The van der Waals surface area contributed by atoms with E-state index in [0.717, 1.165) is 5.56 Å². The lowest BCUT2D eigenvalue weighted by molar-refractivity contribution is 0.212. The molecule has 0 heterocycles. The molecule has 142 valence electrons. The fraction of sp³-hybridized carbons (Fsp3) is 0.368. The smallest absolute Gasteiger partial charge is 0.351 e. The summed E-state index contributed by atoms with van der Waals surface area (Å²) in [6.07, 6.45) is 0. The second kappa shape index (κ2) is 9.74. The molecule has 0 aliphatic rings. The van der Waals surface area contributed by atoms with Gasteiger partial charge in [-0.3, -0.25) is 4.57 Å². The zero-order valence-electron chi connectivity index (χ0n) is 15.4. The Morgan fingerprint density at radius 1 is 1.00 bits per heavy atom. The lowest BCUT2D eigenvalue weighted by Gasteiger charge is -2.24. The second-order valence-corrected chi connectivity index (χ2v) is 7.66. The molecule has 0 aliphatic carbocycles. The SMILES string of the molecule is CCOP(=O)(OCC)[C@@H](N)c1ccc(OC)c(OCc2ccccc2)c1. The fourth-order valence-electron chi connectivity index (χ4n) is 2.47. The van der Waals surface area contributed by atoms with E-state index in [1.165, 1.54) is 0 Å². The number of methoxy groups -OCH3 is 1. The van der Waals surface area contributed by atoms with E-state index >= 15 is 0 Å². The highest BCUT2D eigenvalue weighted by Gasteiger charge is 2.34. The Bertz CT molecular complexity index is 728. The van der Waals surface area contributed by atoms with E-state index in [9.17, 15) is 4.57 Å². The van der Waals surface area contributed by atoms with Gasteiger partial charge in [0, 0.05) is 0 Å². The molecule has 0 bridgehead atoms. The molecule has 0 spiro atoms. The number of hydrogen-bond acceptors (Lipinski definition) is 6. The number of nitrogens with two attached hydrogens (primary N) is 1. The Morgan fingerprint density at radius 2 is 1.65 bits per heavy atom. The highest BCUT2D eigenvalue weighted by atomic mass is 31.2. The van der Waals surface area contributed by atoms with Crippen LogP contribution in [0, 0.1) is 0 Å². The van der Waals surface area contributed by atoms with Crippen LogP contribution in [0.2, 0.25) is 0 Å². The van der Waals surface area contributed by atoms with Crippen LogP contribution in [0.5, 0.6) is 11.5 Å². The van der Waals surface area contributed by atoms with Crippen molar-refractivity contribution in [1.82, 2.24) is 0 Å². The first kappa shape index (κ1) is 20.5. The maximum atomic E-state index is 12.9. The molecule has 2 N–H and O–H groups in total. The largest absolute Gasteiger partial charge is 0.493 e. The Hall–Kier alpha value is -1.85. The first-order chi connectivity index (χ1) is 12.5. The van der Waals surface area contributed by atoms with Gasteiger partial charge in [-0.1, -0.05) is 36.4 Å². The molecule has 2 aromatic rings. The molecule has 0 saturated heterocycles. The van der Waals surface area contributed by atoms with Gasteiger partial charge in [-0.05, 0) is 37.1 Å². The van der Waals surface area contributed by atoms with Crippen molar-refractivity contribution in [3.63, 3.8) is 0 Å². The van der Waals surface area contributed by atoms with Gasteiger partial charge in [0.1, 0.15) is 12.4 Å². The van der Waals surface area contributed by atoms with Crippen molar-refractivity contribution in [2.45, 2.75) is 26.2 Å². The quantitative estimate of drug-likeness (QED) is 0.613. The van der Waals surface area contributed by atoms with E-state index in [0.29, 0.717) is 23.7 Å². The molecule has 26 heavy (non-hydrogen) atoms. The highest BCUT2D eigenvalue weighted by Crippen LogP contribution is 2.58. The Kier molecular flexibility index (Phi) is 7.66. The monoisotopic (exact) mass is 379 g/mol. The third-order valence-electron chi connectivity index (χ3n) is 3.73. The minimum absolute atomic E-state index is 0.249. The minimum Gasteiger partial charge on any atom is -0.493 e. The Morgan fingerprint density at radius 3 is 2.23 bits per heavy atom. The molecule has 2 aromatic carbocycles. The average molecular weight is 379 g/mol. The van der Waals surface area contributed by atoms with E-state index in [2.05, 4.69) is 0 Å². The van der Waals surface area contributed by atoms with Crippen LogP contribution in [-0.4, -0.2) is 20.3 Å². The highest BCUT2D eigenvalue weighted by molar-refractivity contribution is 7.54. The summed E-state index contributed by atoms with van der Waals surface area (Å²) in [4.78, 5) is 0. The third kappa shape index (κ3) is 5.08. The van der Waals surface area contributed by atoms with Gasteiger partial charge in [-0.2, -0.15) is 0 Å². The molecule has 0 saturated carbocycles. The standard InChI is InChI=1S/C19H26NO5P/c1-4-24-26(21,25-5-2)19(20)16-11-12-17(22-3)18(13-16)23-14-15-9-7-6-8-10-15/h6-13,19H,4-5,14,20H2,1-3H3/t19-/m1/s1. The van der Waals surface area contributed by atoms with Gasteiger partial charge in [-0.25, -0.2) is 0 Å². The van der Waals surface area contributed by atoms with Crippen molar-refractivity contribution < 1.29 is 23.1 Å². The van der Waals surface area contributed by atoms with Crippen molar-refractivity contribution in [3.05, 3.63) is 59.7 Å². The average Bonchev–Trinajstić information content (AvgIpc) is 2.66. The van der Waals surface area contributed by atoms with Gasteiger partial charge < -0.3 is 24.3 Å². The van der Waals surface area contributed by atoms with Gasteiger partial charge in [0.25, 0.3) is 0 Å². The van der Waals surface area contributed by atoms with Gasteiger partial charge >= 0.3 is 7.60 Å². The van der Waals surface area contributed by atoms with Crippen molar-refractivity contribution in [1.29, 1.82) is 0 Å². The normalized spacial score (nSPS) is 12.6. The van der Waals surface area contributed by atoms with Crippen LogP contribution in [0.15, 0.2) is 48.5 Å². The van der Waals surface area contributed by atoms with Crippen molar-refractivity contribution in [2.75, 3.05) is 20.3 Å². The predicted octanol–water partition coefficient (Wildman–Crippen LogP) is 4.50. The van der Waals surface area contributed by atoms with Gasteiger partial charge in [-0.15, -0.1) is 0 Å². The molecule has 0 amide bonds. The Labute approximate surface area is 154 Å². The topological polar surface area (TPSA) is 80.0 Å². The molecule has 7 heteroatoms. The number of ether oxygens (including phenoxy) is 2. The van der Waals surface area contributed by atoms with Crippen LogP contribution < -0.4 is 15.2 Å². The van der Waals surface area contributed by atoms with Crippen LogP contribution in [-0.2, 0) is 20.2 Å². The first-order valence-electron chi connectivity index (χ1n) is 8.53. The third-order valence-corrected chi connectivity index (χ3v) is 5.94. The molecule has 0 unspecified atom stereocenters. The summed E-state index contributed by atoms with van der Waals surface area (Å²) in [5, 5.41) is 0. The predicted molar refractivity (Wildman–Crippen MR) is 102 cm³/mol. The summed E-state index contributed by atoms with van der Waals surface area (Å²) in [7, 11) is -1.91. The van der Waals surface area contributed by atoms with Gasteiger partial charge in [0.2, 0.25) is 0 Å². The number of benzene rings is 2. The molecule has 6 nitrogen and oxygen atoms in total. The van der Waals surface area contributed by atoms with Crippen LogP contribution >= 0.6 is 7.60 Å². The number of rotatable bonds is 10. The molecule has 0 fully saturated rings. The zero-order valence-corrected chi connectivity index (χ0v) is 16.3. The molecule has 1 atom stereocenters. The summed E-state index contributed by atoms with van der Waals surface area (Å²) in [5.41, 5.74) is 7.83. The number of hydrogen-bond donors (Lipinski definition) is 1. The summed E-state index contributed by atoms with van der Waals surface area (Å²) in [6.45, 7) is 4.38. The molecule has 0 aliphatic heterocycles. The maximum Gasteiger partial charge on any atom is 0.351 e. The molecule has 0 radical (unpaired) electrons. The minimum atomic E-state index is -3.47. The second-order valence-electron chi connectivity index (χ2n) is 5.50. The molecular formula is C19H26NO5P. The zero-order chi connectivity index (χ0) is 19.0. The van der Waals surface area contributed by atoms with E-state index in [-0.39, 0.29) is 13.2 Å². The van der Waals surface area contributed by atoms with Crippen molar-refractivity contribution in [2.24, 2.45) is 5.73 Å². The van der Waals surface area contributed by atoms with Gasteiger partial charge in [0.15, 0.2) is 11.5 Å². The van der Waals surface area contributed by atoms with Crippen LogP contribution in [0.1, 0.15) is 30.8 Å². The Balaban J connectivity index is 2.25. The lowest BCUT2D eigenvalue weighted by Crippen LogP contribution is -2.15. The van der Waals surface area contributed by atoms with Crippen LogP contribution in [0.3, 0.4) is 0 Å². The fourth-order valence-corrected chi connectivity index (χ4v) is 4.11.